The molecule has 0 N–H and O–H groups in total. The van der Waals surface area contributed by atoms with E-state index in [1.165, 1.54) is 0 Å². The Kier molecular flexibility index (Phi) is 4.24. The summed E-state index contributed by atoms with van der Waals surface area (Å²) in [6.07, 6.45) is 0. The van der Waals surface area contributed by atoms with E-state index in [1.54, 1.807) is 7.11 Å². The Hall–Kier alpha value is -1.07. The molecule has 1 aromatic rings. The van der Waals surface area contributed by atoms with Crippen LogP contribution < -0.4 is 4.74 Å². The average Bonchev–Trinajstić information content (AvgIpc) is 2.39. The van der Waals surface area contributed by atoms with Gasteiger partial charge in [0.05, 0.1) is 12.7 Å². The van der Waals surface area contributed by atoms with E-state index in [2.05, 4.69) is 27.9 Å². The third-order valence-corrected chi connectivity index (χ3v) is 3.68. The van der Waals surface area contributed by atoms with E-state index < -0.39 is 0 Å². The van der Waals surface area contributed by atoms with Gasteiger partial charge in [-0.25, -0.2) is 0 Å². The first-order valence-corrected chi connectivity index (χ1v) is 6.72. The molecule has 98 valence electrons. The minimum absolute atomic E-state index is 0.0428. The first-order valence-electron chi connectivity index (χ1n) is 5.93. The van der Waals surface area contributed by atoms with Crippen molar-refractivity contribution in [1.29, 1.82) is 0 Å². The van der Waals surface area contributed by atoms with Gasteiger partial charge in [-0.2, -0.15) is 0 Å². The fraction of sp³-hybridized carbons (Fsp3) is 0.462. The molecular formula is C13H17BrN2O2. The van der Waals surface area contributed by atoms with Gasteiger partial charge in [0.2, 0.25) is 0 Å². The van der Waals surface area contributed by atoms with Crippen LogP contribution in [0.1, 0.15) is 10.4 Å². The van der Waals surface area contributed by atoms with Crippen molar-refractivity contribution in [2.45, 2.75) is 0 Å². The van der Waals surface area contributed by atoms with Crippen molar-refractivity contribution in [2.24, 2.45) is 0 Å². The smallest absolute Gasteiger partial charge is 0.257 e. The van der Waals surface area contributed by atoms with E-state index in [4.69, 9.17) is 4.74 Å². The summed E-state index contributed by atoms with van der Waals surface area (Å²) in [4.78, 5) is 16.5. The molecule has 1 amide bonds. The van der Waals surface area contributed by atoms with E-state index in [0.29, 0.717) is 11.3 Å². The summed E-state index contributed by atoms with van der Waals surface area (Å²) in [5.41, 5.74) is 0.622. The molecule has 2 rings (SSSR count). The van der Waals surface area contributed by atoms with Crippen LogP contribution in [-0.4, -0.2) is 56.0 Å². The average molecular weight is 313 g/mol. The first-order chi connectivity index (χ1) is 8.61. The number of carbonyl (C=O) groups is 1. The van der Waals surface area contributed by atoms with Crippen LogP contribution in [0.4, 0.5) is 0 Å². The summed E-state index contributed by atoms with van der Waals surface area (Å²) in [5.74, 6) is 0.670. The van der Waals surface area contributed by atoms with Gasteiger partial charge in [0, 0.05) is 30.7 Å². The maximum atomic E-state index is 12.4. The minimum Gasteiger partial charge on any atom is -0.496 e. The Labute approximate surface area is 116 Å². The van der Waals surface area contributed by atoms with Crippen molar-refractivity contribution in [3.63, 3.8) is 0 Å². The number of amides is 1. The predicted molar refractivity (Wildman–Crippen MR) is 74.1 cm³/mol. The number of carbonyl (C=O) groups excluding carboxylic acids is 1. The van der Waals surface area contributed by atoms with Crippen LogP contribution in [0.25, 0.3) is 0 Å². The molecule has 1 aromatic carbocycles. The van der Waals surface area contributed by atoms with Crippen LogP contribution in [0.3, 0.4) is 0 Å². The largest absolute Gasteiger partial charge is 0.496 e. The second-order valence-corrected chi connectivity index (χ2v) is 5.36. The number of nitrogens with zero attached hydrogens (tertiary/aromatic N) is 2. The highest BCUT2D eigenvalue weighted by atomic mass is 79.9. The van der Waals surface area contributed by atoms with Crippen LogP contribution in [0.5, 0.6) is 5.75 Å². The number of likely N-dealkylation sites (N-methyl/N-ethyl adjacent to an activating group) is 1. The van der Waals surface area contributed by atoms with Crippen molar-refractivity contribution in [3.8, 4) is 5.75 Å². The van der Waals surface area contributed by atoms with E-state index in [0.717, 1.165) is 30.7 Å². The molecule has 1 saturated heterocycles. The van der Waals surface area contributed by atoms with E-state index in [1.807, 2.05) is 23.1 Å². The lowest BCUT2D eigenvalue weighted by Crippen LogP contribution is -2.47. The maximum Gasteiger partial charge on any atom is 0.257 e. The quantitative estimate of drug-likeness (QED) is 0.835. The number of benzene rings is 1. The van der Waals surface area contributed by atoms with Crippen molar-refractivity contribution < 1.29 is 9.53 Å². The fourth-order valence-corrected chi connectivity index (χ4v) is 2.39. The van der Waals surface area contributed by atoms with Gasteiger partial charge in [-0.1, -0.05) is 15.9 Å². The molecule has 1 aliphatic rings. The first kappa shape index (κ1) is 13.4. The summed E-state index contributed by atoms with van der Waals surface area (Å²) in [6.45, 7) is 3.38. The van der Waals surface area contributed by atoms with Crippen molar-refractivity contribution in [3.05, 3.63) is 28.2 Å². The molecule has 18 heavy (non-hydrogen) atoms. The third-order valence-electron chi connectivity index (χ3n) is 3.18. The molecule has 0 saturated carbocycles. The van der Waals surface area contributed by atoms with Crippen LogP contribution in [0, 0.1) is 0 Å². The van der Waals surface area contributed by atoms with E-state index in [-0.39, 0.29) is 5.91 Å². The van der Waals surface area contributed by atoms with Crippen LogP contribution in [0.15, 0.2) is 22.7 Å². The molecular weight excluding hydrogens is 296 g/mol. The number of hydrogen-bond acceptors (Lipinski definition) is 3. The summed E-state index contributed by atoms with van der Waals surface area (Å²) < 4.78 is 6.14. The third kappa shape index (κ3) is 2.84. The maximum absolute atomic E-state index is 12.4. The number of ether oxygens (including phenoxy) is 1. The zero-order valence-electron chi connectivity index (χ0n) is 10.6. The lowest BCUT2D eigenvalue weighted by atomic mass is 10.1. The molecule has 0 radical (unpaired) electrons. The number of methoxy groups -OCH3 is 1. The molecule has 1 aliphatic heterocycles. The SMILES string of the molecule is COc1ccc(Br)cc1C(=O)N1CCN(C)CC1. The molecule has 4 nitrogen and oxygen atoms in total. The highest BCUT2D eigenvalue weighted by molar-refractivity contribution is 9.10. The van der Waals surface area contributed by atoms with Crippen LogP contribution >= 0.6 is 15.9 Å². The van der Waals surface area contributed by atoms with Gasteiger partial charge in [0.15, 0.2) is 0 Å². The van der Waals surface area contributed by atoms with Crippen LogP contribution in [0.2, 0.25) is 0 Å². The molecule has 0 aromatic heterocycles. The molecule has 0 unspecified atom stereocenters. The van der Waals surface area contributed by atoms with Gasteiger partial charge in [-0.05, 0) is 25.2 Å². The van der Waals surface area contributed by atoms with Gasteiger partial charge >= 0.3 is 0 Å². The second-order valence-electron chi connectivity index (χ2n) is 4.44. The molecule has 0 aliphatic carbocycles. The van der Waals surface area contributed by atoms with E-state index in [9.17, 15) is 4.79 Å². The lowest BCUT2D eigenvalue weighted by Gasteiger charge is -2.32. The van der Waals surface area contributed by atoms with Gasteiger partial charge < -0.3 is 14.5 Å². The van der Waals surface area contributed by atoms with Gasteiger partial charge in [0.25, 0.3) is 5.91 Å². The molecule has 0 atom stereocenters. The fourth-order valence-electron chi connectivity index (χ4n) is 2.03. The molecule has 1 fully saturated rings. The summed E-state index contributed by atoms with van der Waals surface area (Å²) in [5, 5.41) is 0. The molecule has 0 bridgehead atoms. The number of rotatable bonds is 2. The van der Waals surface area contributed by atoms with Crippen molar-refractivity contribution in [1.82, 2.24) is 9.80 Å². The highest BCUT2D eigenvalue weighted by Crippen LogP contribution is 2.24. The number of hydrogen-bond donors (Lipinski definition) is 0. The lowest BCUT2D eigenvalue weighted by molar-refractivity contribution is 0.0661. The molecule has 0 spiro atoms. The summed E-state index contributed by atoms with van der Waals surface area (Å²) in [6, 6.07) is 5.51. The number of piperazine rings is 1. The Bertz CT molecular complexity index is 443. The van der Waals surface area contributed by atoms with Gasteiger partial charge in [-0.3, -0.25) is 4.79 Å². The van der Waals surface area contributed by atoms with Crippen LogP contribution in [-0.2, 0) is 0 Å². The zero-order valence-corrected chi connectivity index (χ0v) is 12.2. The predicted octanol–water partition coefficient (Wildman–Crippen LogP) is 1.85. The van der Waals surface area contributed by atoms with E-state index >= 15 is 0 Å². The summed E-state index contributed by atoms with van der Waals surface area (Å²) in [7, 11) is 3.66. The zero-order chi connectivity index (χ0) is 13.1. The Balaban J connectivity index is 2.20. The van der Waals surface area contributed by atoms with Gasteiger partial charge in [0.1, 0.15) is 5.75 Å². The normalized spacial score (nSPS) is 16.7. The summed E-state index contributed by atoms with van der Waals surface area (Å²) >= 11 is 3.39. The Morgan fingerprint density at radius 3 is 2.56 bits per heavy atom. The van der Waals surface area contributed by atoms with Crippen molar-refractivity contribution in [2.75, 3.05) is 40.3 Å². The monoisotopic (exact) mass is 312 g/mol. The molecule has 5 heteroatoms. The minimum atomic E-state index is 0.0428. The standard InChI is InChI=1S/C13H17BrN2O2/c1-15-5-7-16(8-6-15)13(17)11-9-10(14)3-4-12(11)18-2/h3-4,9H,5-8H2,1-2H3. The Morgan fingerprint density at radius 2 is 1.94 bits per heavy atom. The Morgan fingerprint density at radius 1 is 1.28 bits per heavy atom. The van der Waals surface area contributed by atoms with Gasteiger partial charge in [-0.15, -0.1) is 0 Å². The highest BCUT2D eigenvalue weighted by Gasteiger charge is 2.23. The van der Waals surface area contributed by atoms with Crippen molar-refractivity contribution >= 4 is 21.8 Å². The second kappa shape index (κ2) is 5.71. The topological polar surface area (TPSA) is 32.8 Å². The molecule has 1 heterocycles. The number of halogens is 1.